The predicted octanol–water partition coefficient (Wildman–Crippen LogP) is 2.44. The van der Waals surface area contributed by atoms with E-state index in [1.54, 1.807) is 25.3 Å². The van der Waals surface area contributed by atoms with E-state index in [1.165, 1.54) is 4.90 Å². The number of piperazine rings is 1. The van der Waals surface area contributed by atoms with Gasteiger partial charge in [0.05, 0.1) is 12.7 Å². The zero-order valence-electron chi connectivity index (χ0n) is 18.5. The highest BCUT2D eigenvalue weighted by Gasteiger charge is 2.29. The molecule has 3 heterocycles. The Morgan fingerprint density at radius 3 is 2.56 bits per heavy atom. The Morgan fingerprint density at radius 1 is 1.00 bits per heavy atom. The summed E-state index contributed by atoms with van der Waals surface area (Å²) in [7, 11) is 1.55. The first kappa shape index (κ1) is 22.1. The maximum Gasteiger partial charge on any atom is 0.267 e. The summed E-state index contributed by atoms with van der Waals surface area (Å²) in [5.41, 5.74) is 0.376. The van der Waals surface area contributed by atoms with Crippen LogP contribution in [-0.4, -0.2) is 79.6 Å². The Hall–Kier alpha value is -3.13. The van der Waals surface area contributed by atoms with Gasteiger partial charge in [0.15, 0.2) is 6.61 Å². The van der Waals surface area contributed by atoms with Crippen LogP contribution in [0.2, 0.25) is 0 Å². The lowest BCUT2D eigenvalue weighted by molar-refractivity contribution is -0.130. The van der Waals surface area contributed by atoms with Crippen molar-refractivity contribution in [2.24, 2.45) is 0 Å². The van der Waals surface area contributed by atoms with Crippen molar-refractivity contribution in [3.63, 3.8) is 0 Å². The van der Waals surface area contributed by atoms with Crippen LogP contribution in [0, 0.1) is 0 Å². The van der Waals surface area contributed by atoms with Crippen LogP contribution in [0.4, 0.5) is 5.82 Å². The van der Waals surface area contributed by atoms with E-state index in [4.69, 9.17) is 9.47 Å². The third-order valence-electron chi connectivity index (χ3n) is 6.02. The molecule has 0 unspecified atom stereocenters. The van der Waals surface area contributed by atoms with Crippen molar-refractivity contribution in [3.8, 4) is 11.5 Å². The number of anilines is 1. The standard InChI is InChI=1S/C24H30N4O4/c1-31-19-8-9-21-20(17-19)24(30)28(23(29)18-32-21)12-6-2-5-11-26-13-15-27(16-14-26)22-7-3-4-10-25-22/h3-4,7-10,17H,2,5-6,11-16,18H2,1H3. The van der Waals surface area contributed by atoms with E-state index in [1.807, 2.05) is 18.3 Å². The van der Waals surface area contributed by atoms with E-state index in [2.05, 4.69) is 20.9 Å². The number of carbonyl (C=O) groups excluding carboxylic acids is 2. The fraction of sp³-hybridized carbons (Fsp3) is 0.458. The molecule has 1 fully saturated rings. The summed E-state index contributed by atoms with van der Waals surface area (Å²) in [4.78, 5) is 35.9. The van der Waals surface area contributed by atoms with E-state index in [0.717, 1.165) is 57.8 Å². The lowest BCUT2D eigenvalue weighted by Gasteiger charge is -2.35. The molecule has 0 aliphatic carbocycles. The molecule has 2 aliphatic heterocycles. The molecule has 0 radical (unpaired) electrons. The monoisotopic (exact) mass is 438 g/mol. The van der Waals surface area contributed by atoms with Crippen molar-refractivity contribution in [1.82, 2.24) is 14.8 Å². The number of carbonyl (C=O) groups is 2. The minimum atomic E-state index is -0.313. The second-order valence-electron chi connectivity index (χ2n) is 8.08. The topological polar surface area (TPSA) is 75.2 Å². The van der Waals surface area contributed by atoms with Gasteiger partial charge in [-0.2, -0.15) is 0 Å². The van der Waals surface area contributed by atoms with Crippen LogP contribution < -0.4 is 14.4 Å². The zero-order valence-corrected chi connectivity index (χ0v) is 18.5. The fourth-order valence-corrected chi connectivity index (χ4v) is 4.15. The van der Waals surface area contributed by atoms with E-state index < -0.39 is 0 Å². The average molecular weight is 439 g/mol. The highest BCUT2D eigenvalue weighted by molar-refractivity contribution is 6.07. The average Bonchev–Trinajstić information content (AvgIpc) is 2.96. The lowest BCUT2D eigenvalue weighted by atomic mass is 10.1. The van der Waals surface area contributed by atoms with Gasteiger partial charge in [0, 0.05) is 38.9 Å². The Morgan fingerprint density at radius 2 is 1.81 bits per heavy atom. The number of unbranched alkanes of at least 4 members (excludes halogenated alkanes) is 2. The summed E-state index contributed by atoms with van der Waals surface area (Å²) >= 11 is 0. The van der Waals surface area contributed by atoms with Gasteiger partial charge in [-0.1, -0.05) is 12.5 Å². The Kier molecular flexibility index (Phi) is 7.21. The van der Waals surface area contributed by atoms with Crippen LogP contribution in [-0.2, 0) is 4.79 Å². The summed E-state index contributed by atoms with van der Waals surface area (Å²) in [6.45, 7) is 5.33. The molecule has 0 spiro atoms. The summed E-state index contributed by atoms with van der Waals surface area (Å²) < 4.78 is 10.7. The molecule has 8 heteroatoms. The highest BCUT2D eigenvalue weighted by atomic mass is 16.5. The van der Waals surface area contributed by atoms with Crippen LogP contribution in [0.25, 0.3) is 0 Å². The van der Waals surface area contributed by atoms with Gasteiger partial charge in [-0.15, -0.1) is 0 Å². The summed E-state index contributed by atoms with van der Waals surface area (Å²) in [6.07, 6.45) is 4.62. The largest absolute Gasteiger partial charge is 0.497 e. The number of benzene rings is 1. The summed E-state index contributed by atoms with van der Waals surface area (Å²) in [5.74, 6) is 1.43. The maximum atomic E-state index is 12.9. The smallest absolute Gasteiger partial charge is 0.267 e. The number of rotatable bonds is 8. The summed E-state index contributed by atoms with van der Waals surface area (Å²) in [6, 6.07) is 11.1. The van der Waals surface area contributed by atoms with E-state index in [9.17, 15) is 9.59 Å². The first-order valence-electron chi connectivity index (χ1n) is 11.2. The van der Waals surface area contributed by atoms with Gasteiger partial charge in [-0.3, -0.25) is 19.4 Å². The van der Waals surface area contributed by atoms with Gasteiger partial charge < -0.3 is 14.4 Å². The number of pyridine rings is 1. The number of nitrogens with zero attached hydrogens (tertiary/aromatic N) is 4. The summed E-state index contributed by atoms with van der Waals surface area (Å²) in [5, 5.41) is 0. The molecule has 1 saturated heterocycles. The number of methoxy groups -OCH3 is 1. The van der Waals surface area contributed by atoms with Crippen LogP contribution >= 0.6 is 0 Å². The van der Waals surface area contributed by atoms with Crippen molar-refractivity contribution >= 4 is 17.6 Å². The Bertz CT molecular complexity index is 929. The third-order valence-corrected chi connectivity index (χ3v) is 6.02. The van der Waals surface area contributed by atoms with Gasteiger partial charge >= 0.3 is 0 Å². The Balaban J connectivity index is 1.21. The van der Waals surface area contributed by atoms with Crippen molar-refractivity contribution < 1.29 is 19.1 Å². The molecule has 2 amide bonds. The molecule has 0 bridgehead atoms. The molecule has 1 aromatic carbocycles. The molecule has 0 atom stereocenters. The van der Waals surface area contributed by atoms with Gasteiger partial charge in [0.1, 0.15) is 17.3 Å². The van der Waals surface area contributed by atoms with Crippen molar-refractivity contribution in [3.05, 3.63) is 48.2 Å². The van der Waals surface area contributed by atoms with Crippen LogP contribution in [0.3, 0.4) is 0 Å². The molecule has 32 heavy (non-hydrogen) atoms. The maximum absolute atomic E-state index is 12.9. The quantitative estimate of drug-likeness (QED) is 0.463. The van der Waals surface area contributed by atoms with Crippen LogP contribution in [0.15, 0.2) is 42.6 Å². The number of aromatic nitrogens is 1. The Labute approximate surface area is 188 Å². The molecule has 1 aromatic heterocycles. The molecular weight excluding hydrogens is 408 g/mol. The highest BCUT2D eigenvalue weighted by Crippen LogP contribution is 2.28. The zero-order chi connectivity index (χ0) is 22.3. The number of hydrogen-bond donors (Lipinski definition) is 0. The van der Waals surface area contributed by atoms with Crippen LogP contribution in [0.5, 0.6) is 11.5 Å². The first-order chi connectivity index (χ1) is 15.7. The SMILES string of the molecule is COc1ccc2c(c1)C(=O)N(CCCCCN1CCN(c3ccccn3)CC1)C(=O)CO2. The number of ether oxygens (including phenoxy) is 2. The van der Waals surface area contributed by atoms with Gasteiger partial charge in [-0.25, -0.2) is 4.98 Å². The fourth-order valence-electron chi connectivity index (χ4n) is 4.15. The molecule has 0 N–H and O–H groups in total. The molecule has 0 saturated carbocycles. The predicted molar refractivity (Wildman–Crippen MR) is 121 cm³/mol. The molecule has 2 aromatic rings. The normalized spacial score (nSPS) is 17.0. The van der Waals surface area contributed by atoms with Gasteiger partial charge in [0.2, 0.25) is 0 Å². The number of hydrogen-bond acceptors (Lipinski definition) is 7. The second-order valence-corrected chi connectivity index (χ2v) is 8.08. The second kappa shape index (κ2) is 10.5. The van der Waals surface area contributed by atoms with E-state index >= 15 is 0 Å². The first-order valence-corrected chi connectivity index (χ1v) is 11.2. The van der Waals surface area contributed by atoms with Crippen molar-refractivity contribution in [2.75, 3.05) is 57.9 Å². The minimum absolute atomic E-state index is 0.119. The van der Waals surface area contributed by atoms with Gasteiger partial charge in [-0.05, 0) is 49.7 Å². The molecule has 170 valence electrons. The third kappa shape index (κ3) is 5.19. The minimum Gasteiger partial charge on any atom is -0.497 e. The molecule has 8 nitrogen and oxygen atoms in total. The molecule has 2 aliphatic rings. The van der Waals surface area contributed by atoms with Gasteiger partial charge in [0.25, 0.3) is 11.8 Å². The van der Waals surface area contributed by atoms with Crippen LogP contribution in [0.1, 0.15) is 29.6 Å². The number of fused-ring (bicyclic) bond motifs is 1. The van der Waals surface area contributed by atoms with E-state index in [0.29, 0.717) is 23.6 Å². The number of imide groups is 1. The van der Waals surface area contributed by atoms with Crippen molar-refractivity contribution in [1.29, 1.82) is 0 Å². The van der Waals surface area contributed by atoms with E-state index in [-0.39, 0.29) is 18.4 Å². The van der Waals surface area contributed by atoms with Crippen molar-refractivity contribution in [2.45, 2.75) is 19.3 Å². The number of amides is 2. The lowest BCUT2D eigenvalue weighted by Crippen LogP contribution is -2.46. The molecule has 4 rings (SSSR count). The molecular formula is C24H30N4O4.